The number of amides is 1. The third-order valence-corrected chi connectivity index (χ3v) is 3.64. The van der Waals surface area contributed by atoms with Crippen LogP contribution in [-0.2, 0) is 4.79 Å². The highest BCUT2D eigenvalue weighted by atomic mass is 16.5. The molecule has 0 fully saturated rings. The number of nitrogens with zero attached hydrogens (tertiary/aromatic N) is 1. The fraction of sp³-hybridized carbons (Fsp3) is 0.0526. The molecule has 5 nitrogen and oxygen atoms in total. The Balaban J connectivity index is 1.91. The smallest absolute Gasteiger partial charge is 0.266 e. The van der Waals surface area contributed by atoms with Crippen molar-refractivity contribution in [3.8, 4) is 11.8 Å². The standard InChI is InChI=1S/C19H15N3O2/c1-24-18-9-5-4-8-17(18)22-19(23)13(11-20)10-14-12-21-16-7-3-2-6-15(14)16/h2-10,12,21H,1H3,(H,22,23)/b13-10+. The number of aromatic nitrogens is 1. The van der Waals surface area contributed by atoms with E-state index in [9.17, 15) is 10.1 Å². The summed E-state index contributed by atoms with van der Waals surface area (Å²) in [5, 5.41) is 13.0. The molecule has 24 heavy (non-hydrogen) atoms. The van der Waals surface area contributed by atoms with Gasteiger partial charge in [-0.3, -0.25) is 4.79 Å². The molecule has 5 heteroatoms. The lowest BCUT2D eigenvalue weighted by atomic mass is 10.1. The molecular formula is C19H15N3O2. The van der Waals surface area contributed by atoms with Crippen molar-refractivity contribution in [2.24, 2.45) is 0 Å². The monoisotopic (exact) mass is 317 g/mol. The summed E-state index contributed by atoms with van der Waals surface area (Å²) < 4.78 is 5.20. The largest absolute Gasteiger partial charge is 0.495 e. The minimum Gasteiger partial charge on any atom is -0.495 e. The maximum Gasteiger partial charge on any atom is 0.266 e. The lowest BCUT2D eigenvalue weighted by molar-refractivity contribution is -0.112. The number of nitrogens with one attached hydrogen (secondary N) is 2. The number of hydrogen-bond donors (Lipinski definition) is 2. The Bertz CT molecular complexity index is 964. The second-order valence-corrected chi connectivity index (χ2v) is 5.11. The Morgan fingerprint density at radius 3 is 2.75 bits per heavy atom. The van der Waals surface area contributed by atoms with Gasteiger partial charge in [0.1, 0.15) is 17.4 Å². The molecule has 0 saturated carbocycles. The van der Waals surface area contributed by atoms with Crippen LogP contribution in [0.2, 0.25) is 0 Å². The quantitative estimate of drug-likeness (QED) is 0.568. The first kappa shape index (κ1) is 15.4. The molecule has 0 unspecified atom stereocenters. The zero-order valence-corrected chi connectivity index (χ0v) is 13.0. The minimum atomic E-state index is -0.479. The lowest BCUT2D eigenvalue weighted by Gasteiger charge is -2.09. The van der Waals surface area contributed by atoms with E-state index in [-0.39, 0.29) is 5.57 Å². The lowest BCUT2D eigenvalue weighted by Crippen LogP contribution is -2.14. The zero-order chi connectivity index (χ0) is 16.9. The van der Waals surface area contributed by atoms with E-state index in [1.807, 2.05) is 36.4 Å². The molecule has 0 aliphatic rings. The first-order chi connectivity index (χ1) is 11.7. The second-order valence-electron chi connectivity index (χ2n) is 5.11. The minimum absolute atomic E-state index is 0.0191. The van der Waals surface area contributed by atoms with E-state index >= 15 is 0 Å². The predicted octanol–water partition coefficient (Wildman–Crippen LogP) is 3.72. The van der Waals surface area contributed by atoms with E-state index in [1.54, 1.807) is 30.5 Å². The Kier molecular flexibility index (Phi) is 4.30. The summed E-state index contributed by atoms with van der Waals surface area (Å²) in [6.07, 6.45) is 3.35. The van der Waals surface area contributed by atoms with Crippen LogP contribution in [0, 0.1) is 11.3 Å². The van der Waals surface area contributed by atoms with Gasteiger partial charge in [-0.25, -0.2) is 0 Å². The van der Waals surface area contributed by atoms with Crippen LogP contribution in [0.3, 0.4) is 0 Å². The number of ether oxygens (including phenoxy) is 1. The molecule has 1 amide bonds. The molecular weight excluding hydrogens is 302 g/mol. The van der Waals surface area contributed by atoms with Crippen LogP contribution in [0.15, 0.2) is 60.3 Å². The van der Waals surface area contributed by atoms with Crippen LogP contribution in [-0.4, -0.2) is 18.0 Å². The summed E-state index contributed by atoms with van der Waals surface area (Å²) >= 11 is 0. The molecule has 1 heterocycles. The number of benzene rings is 2. The van der Waals surface area contributed by atoms with Gasteiger partial charge in [-0.2, -0.15) is 5.26 Å². The highest BCUT2D eigenvalue weighted by Gasteiger charge is 2.13. The summed E-state index contributed by atoms with van der Waals surface area (Å²) in [6.45, 7) is 0. The van der Waals surface area contributed by atoms with E-state index in [0.29, 0.717) is 11.4 Å². The van der Waals surface area contributed by atoms with E-state index in [2.05, 4.69) is 10.3 Å². The van der Waals surface area contributed by atoms with Gasteiger partial charge in [-0.05, 0) is 24.3 Å². The molecule has 0 aliphatic heterocycles. The molecule has 0 atom stereocenters. The van der Waals surface area contributed by atoms with Crippen molar-refractivity contribution in [1.82, 2.24) is 4.98 Å². The van der Waals surface area contributed by atoms with Crippen molar-refractivity contribution < 1.29 is 9.53 Å². The van der Waals surface area contributed by atoms with Gasteiger partial charge in [0.15, 0.2) is 0 Å². The van der Waals surface area contributed by atoms with Crippen molar-refractivity contribution in [1.29, 1.82) is 5.26 Å². The second kappa shape index (κ2) is 6.71. The van der Waals surface area contributed by atoms with Crippen LogP contribution in [0.4, 0.5) is 5.69 Å². The number of para-hydroxylation sites is 3. The highest BCUT2D eigenvalue weighted by Crippen LogP contribution is 2.24. The van der Waals surface area contributed by atoms with Gasteiger partial charge in [0.05, 0.1) is 12.8 Å². The number of rotatable bonds is 4. The average Bonchev–Trinajstić information content (AvgIpc) is 3.03. The SMILES string of the molecule is COc1ccccc1NC(=O)/C(C#N)=C/c1c[nH]c2ccccc12. The molecule has 118 valence electrons. The molecule has 1 aromatic heterocycles. The number of fused-ring (bicyclic) bond motifs is 1. The van der Waals surface area contributed by atoms with E-state index in [1.165, 1.54) is 7.11 Å². The van der Waals surface area contributed by atoms with Gasteiger partial charge in [-0.15, -0.1) is 0 Å². The number of anilines is 1. The first-order valence-electron chi connectivity index (χ1n) is 7.35. The number of H-pyrrole nitrogens is 1. The normalized spacial score (nSPS) is 11.1. The molecule has 2 aromatic carbocycles. The van der Waals surface area contributed by atoms with Crippen LogP contribution in [0.5, 0.6) is 5.75 Å². The fourth-order valence-electron chi connectivity index (χ4n) is 2.46. The molecule has 3 aromatic rings. The first-order valence-corrected chi connectivity index (χ1v) is 7.35. The molecule has 0 radical (unpaired) electrons. The zero-order valence-electron chi connectivity index (χ0n) is 13.0. The number of methoxy groups -OCH3 is 1. The van der Waals surface area contributed by atoms with Crippen molar-refractivity contribution in [3.63, 3.8) is 0 Å². The number of carbonyl (C=O) groups excluding carboxylic acids is 1. The van der Waals surface area contributed by atoms with Crippen molar-refractivity contribution in [2.75, 3.05) is 12.4 Å². The van der Waals surface area contributed by atoms with E-state index in [4.69, 9.17) is 4.74 Å². The summed E-state index contributed by atoms with van der Waals surface area (Å²) in [7, 11) is 1.53. The van der Waals surface area contributed by atoms with Gasteiger partial charge in [-0.1, -0.05) is 30.3 Å². The van der Waals surface area contributed by atoms with Crippen molar-refractivity contribution >= 4 is 28.6 Å². The summed E-state index contributed by atoms with van der Waals surface area (Å²) in [4.78, 5) is 15.5. The third-order valence-electron chi connectivity index (χ3n) is 3.64. The third kappa shape index (κ3) is 2.99. The fourth-order valence-corrected chi connectivity index (χ4v) is 2.46. The molecule has 3 rings (SSSR count). The Morgan fingerprint density at radius 2 is 1.96 bits per heavy atom. The van der Waals surface area contributed by atoms with Crippen LogP contribution in [0.25, 0.3) is 17.0 Å². The van der Waals surface area contributed by atoms with Gasteiger partial charge in [0, 0.05) is 22.7 Å². The number of carbonyl (C=O) groups is 1. The van der Waals surface area contributed by atoms with Gasteiger partial charge >= 0.3 is 0 Å². The Morgan fingerprint density at radius 1 is 1.21 bits per heavy atom. The molecule has 0 spiro atoms. The molecule has 0 bridgehead atoms. The summed E-state index contributed by atoms with van der Waals surface area (Å²) in [5.41, 5.74) is 2.28. The van der Waals surface area contributed by atoms with E-state index in [0.717, 1.165) is 16.5 Å². The van der Waals surface area contributed by atoms with Crippen molar-refractivity contribution in [3.05, 3.63) is 65.9 Å². The Labute approximate surface area is 139 Å². The van der Waals surface area contributed by atoms with Crippen LogP contribution < -0.4 is 10.1 Å². The maximum absolute atomic E-state index is 12.4. The Hall–Kier alpha value is -3.52. The maximum atomic E-state index is 12.4. The van der Waals surface area contributed by atoms with Gasteiger partial charge in [0.25, 0.3) is 5.91 Å². The van der Waals surface area contributed by atoms with Crippen LogP contribution in [0.1, 0.15) is 5.56 Å². The van der Waals surface area contributed by atoms with Crippen LogP contribution >= 0.6 is 0 Å². The highest BCUT2D eigenvalue weighted by molar-refractivity contribution is 6.11. The summed E-state index contributed by atoms with van der Waals surface area (Å²) in [5.74, 6) is 0.0579. The predicted molar refractivity (Wildman–Crippen MR) is 93.5 cm³/mol. The molecule has 0 saturated heterocycles. The van der Waals surface area contributed by atoms with Crippen molar-refractivity contribution in [2.45, 2.75) is 0 Å². The molecule has 2 N–H and O–H groups in total. The number of hydrogen-bond acceptors (Lipinski definition) is 3. The molecule has 0 aliphatic carbocycles. The van der Waals surface area contributed by atoms with Gasteiger partial charge < -0.3 is 15.0 Å². The number of aromatic amines is 1. The van der Waals surface area contributed by atoms with E-state index < -0.39 is 5.91 Å². The number of nitriles is 1. The summed E-state index contributed by atoms with van der Waals surface area (Å²) in [6, 6.07) is 16.7. The topological polar surface area (TPSA) is 77.9 Å². The van der Waals surface area contributed by atoms with Gasteiger partial charge in [0.2, 0.25) is 0 Å². The average molecular weight is 317 g/mol.